The molecule has 2 rings (SSSR count). The molecule has 0 aliphatic rings. The number of benzene rings is 2. The largest absolute Gasteiger partial charge is 0.383 e. The van der Waals surface area contributed by atoms with Crippen LogP contribution in [0.4, 0.5) is 5.69 Å². The van der Waals surface area contributed by atoms with Crippen molar-refractivity contribution in [2.24, 2.45) is 0 Å². The minimum Gasteiger partial charge on any atom is -0.383 e. The fourth-order valence-electron chi connectivity index (χ4n) is 2.37. The second kappa shape index (κ2) is 9.21. The number of anilines is 1. The van der Waals surface area contributed by atoms with Crippen LogP contribution < -0.4 is 9.62 Å². The lowest BCUT2D eigenvalue weighted by Gasteiger charge is -2.24. The summed E-state index contributed by atoms with van der Waals surface area (Å²) in [5.74, 6) is -0.431. The molecule has 0 saturated carbocycles. The zero-order valence-electron chi connectivity index (χ0n) is 15.5. The van der Waals surface area contributed by atoms with E-state index in [4.69, 9.17) is 16.3 Å². The van der Waals surface area contributed by atoms with E-state index < -0.39 is 15.9 Å². The average molecular weight is 411 g/mol. The molecule has 2 aromatic rings. The number of methoxy groups -OCH3 is 1. The van der Waals surface area contributed by atoms with Gasteiger partial charge in [-0.3, -0.25) is 9.10 Å². The molecule has 146 valence electrons. The van der Waals surface area contributed by atoms with Gasteiger partial charge >= 0.3 is 0 Å². The normalized spacial score (nSPS) is 11.3. The molecule has 0 aliphatic carbocycles. The number of halogens is 1. The maximum Gasteiger partial charge on any atom is 0.264 e. The van der Waals surface area contributed by atoms with Crippen molar-refractivity contribution in [1.29, 1.82) is 0 Å². The van der Waals surface area contributed by atoms with Gasteiger partial charge in [-0.2, -0.15) is 0 Å². The monoisotopic (exact) mass is 410 g/mol. The van der Waals surface area contributed by atoms with E-state index in [9.17, 15) is 13.2 Å². The lowest BCUT2D eigenvalue weighted by Crippen LogP contribution is -2.41. The summed E-state index contributed by atoms with van der Waals surface area (Å²) < 4.78 is 32.3. The average Bonchev–Trinajstić information content (AvgIpc) is 2.62. The fourth-order valence-corrected chi connectivity index (χ4v) is 3.96. The molecule has 0 spiro atoms. The van der Waals surface area contributed by atoms with E-state index in [1.54, 1.807) is 30.3 Å². The van der Waals surface area contributed by atoms with Crippen LogP contribution in [-0.2, 0) is 19.6 Å². The number of ether oxygens (including phenoxy) is 1. The Kier molecular flexibility index (Phi) is 7.24. The minimum absolute atomic E-state index is 0.106. The molecule has 0 aliphatic heterocycles. The van der Waals surface area contributed by atoms with Gasteiger partial charge in [0.2, 0.25) is 5.91 Å². The summed E-state index contributed by atoms with van der Waals surface area (Å²) >= 11 is 6.18. The predicted molar refractivity (Wildman–Crippen MR) is 107 cm³/mol. The molecule has 0 aromatic heterocycles. The Morgan fingerprint density at radius 3 is 2.41 bits per heavy atom. The summed E-state index contributed by atoms with van der Waals surface area (Å²) in [6.45, 7) is 3.97. The lowest BCUT2D eigenvalue weighted by molar-refractivity contribution is -0.119. The molecule has 27 heavy (non-hydrogen) atoms. The van der Waals surface area contributed by atoms with Crippen molar-refractivity contribution in [2.45, 2.75) is 18.7 Å². The second-order valence-electron chi connectivity index (χ2n) is 6.10. The molecule has 0 unspecified atom stereocenters. The molecule has 6 nitrogen and oxygen atoms in total. The highest BCUT2D eigenvalue weighted by Gasteiger charge is 2.27. The van der Waals surface area contributed by atoms with Crippen LogP contribution in [0, 0.1) is 13.8 Å². The van der Waals surface area contributed by atoms with Crippen LogP contribution in [0.2, 0.25) is 5.02 Å². The second-order valence-corrected chi connectivity index (χ2v) is 8.37. The van der Waals surface area contributed by atoms with Gasteiger partial charge in [-0.25, -0.2) is 8.42 Å². The Morgan fingerprint density at radius 1 is 1.15 bits per heavy atom. The summed E-state index contributed by atoms with van der Waals surface area (Å²) in [6, 6.07) is 11.4. The Balaban J connectivity index is 2.40. The molecular weight excluding hydrogens is 388 g/mol. The van der Waals surface area contributed by atoms with Gasteiger partial charge in [0.15, 0.2) is 0 Å². The predicted octanol–water partition coefficient (Wildman–Crippen LogP) is 2.91. The number of hydrogen-bond donors (Lipinski definition) is 1. The summed E-state index contributed by atoms with van der Waals surface area (Å²) in [4.78, 5) is 12.4. The Labute approximate surface area is 165 Å². The third-order valence-corrected chi connectivity index (χ3v) is 6.16. The van der Waals surface area contributed by atoms with Crippen molar-refractivity contribution in [3.63, 3.8) is 0 Å². The van der Waals surface area contributed by atoms with Crippen LogP contribution in [0.1, 0.15) is 11.1 Å². The van der Waals surface area contributed by atoms with Crippen LogP contribution >= 0.6 is 11.6 Å². The molecule has 0 atom stereocenters. The van der Waals surface area contributed by atoms with E-state index in [1.165, 1.54) is 19.2 Å². The van der Waals surface area contributed by atoms with Crippen molar-refractivity contribution in [3.05, 3.63) is 58.6 Å². The topological polar surface area (TPSA) is 75.7 Å². The Bertz CT molecular complexity index is 898. The molecule has 1 N–H and O–H groups in total. The number of aryl methyl sites for hydroxylation is 2. The van der Waals surface area contributed by atoms with Crippen molar-refractivity contribution in [1.82, 2.24) is 5.32 Å². The molecule has 0 heterocycles. The summed E-state index contributed by atoms with van der Waals surface area (Å²) in [5.41, 5.74) is 2.09. The van der Waals surface area contributed by atoms with Crippen molar-refractivity contribution in [2.75, 3.05) is 31.1 Å². The highest BCUT2D eigenvalue weighted by Crippen LogP contribution is 2.28. The van der Waals surface area contributed by atoms with E-state index >= 15 is 0 Å². The Hall–Kier alpha value is -2.09. The first-order valence-corrected chi connectivity index (χ1v) is 10.2. The number of sulfonamides is 1. The Morgan fingerprint density at radius 2 is 1.81 bits per heavy atom. The van der Waals surface area contributed by atoms with Gasteiger partial charge in [0.1, 0.15) is 6.54 Å². The van der Waals surface area contributed by atoms with Crippen LogP contribution in [-0.4, -0.2) is 41.1 Å². The molecule has 8 heteroatoms. The van der Waals surface area contributed by atoms with Crippen LogP contribution in [0.5, 0.6) is 0 Å². The van der Waals surface area contributed by atoms with Gasteiger partial charge in [0.25, 0.3) is 10.0 Å². The van der Waals surface area contributed by atoms with Crippen molar-refractivity contribution in [3.8, 4) is 0 Å². The van der Waals surface area contributed by atoms with Gasteiger partial charge in [0, 0.05) is 18.7 Å². The van der Waals surface area contributed by atoms with E-state index in [2.05, 4.69) is 5.32 Å². The van der Waals surface area contributed by atoms with E-state index in [1.807, 2.05) is 13.8 Å². The SMILES string of the molecule is COCCNC(=O)CN(c1ccc(C)c(Cl)c1)S(=O)(=O)c1ccc(C)cc1. The van der Waals surface area contributed by atoms with Crippen LogP contribution in [0.3, 0.4) is 0 Å². The first-order valence-electron chi connectivity index (χ1n) is 8.37. The van der Waals surface area contributed by atoms with Gasteiger partial charge in [-0.05, 0) is 43.7 Å². The standard InChI is InChI=1S/C19H23ClN2O4S/c1-14-4-8-17(9-5-14)27(24,25)22(13-19(23)21-10-11-26-3)16-7-6-15(2)18(20)12-16/h4-9,12H,10-11,13H2,1-3H3,(H,21,23). The molecule has 0 radical (unpaired) electrons. The number of hydrogen-bond acceptors (Lipinski definition) is 4. The highest BCUT2D eigenvalue weighted by atomic mass is 35.5. The first kappa shape index (κ1) is 21.2. The smallest absolute Gasteiger partial charge is 0.264 e. The number of amides is 1. The number of nitrogens with one attached hydrogen (secondary N) is 1. The zero-order chi connectivity index (χ0) is 20.0. The van der Waals surface area contributed by atoms with Crippen molar-refractivity contribution >= 4 is 33.2 Å². The van der Waals surface area contributed by atoms with E-state index in [0.717, 1.165) is 15.4 Å². The van der Waals surface area contributed by atoms with Gasteiger partial charge < -0.3 is 10.1 Å². The number of carbonyl (C=O) groups excluding carboxylic acids is 1. The molecular formula is C19H23ClN2O4S. The minimum atomic E-state index is -3.94. The highest BCUT2D eigenvalue weighted by molar-refractivity contribution is 7.92. The summed E-state index contributed by atoms with van der Waals surface area (Å²) in [7, 11) is -2.42. The van der Waals surface area contributed by atoms with Crippen LogP contribution in [0.15, 0.2) is 47.4 Å². The molecule has 2 aromatic carbocycles. The quantitative estimate of drug-likeness (QED) is 0.679. The number of nitrogens with zero attached hydrogens (tertiary/aromatic N) is 1. The molecule has 0 fully saturated rings. The first-order chi connectivity index (χ1) is 12.8. The summed E-state index contributed by atoms with van der Waals surface area (Å²) in [5, 5.41) is 3.07. The molecule has 0 bridgehead atoms. The van der Waals surface area contributed by atoms with E-state index in [0.29, 0.717) is 23.9 Å². The van der Waals surface area contributed by atoms with E-state index in [-0.39, 0.29) is 11.4 Å². The van der Waals surface area contributed by atoms with Gasteiger partial charge in [-0.1, -0.05) is 35.4 Å². The molecule has 0 saturated heterocycles. The maximum absolute atomic E-state index is 13.2. The molecule has 1 amide bonds. The van der Waals surface area contributed by atoms with Crippen LogP contribution in [0.25, 0.3) is 0 Å². The van der Waals surface area contributed by atoms with Crippen molar-refractivity contribution < 1.29 is 17.9 Å². The fraction of sp³-hybridized carbons (Fsp3) is 0.316. The lowest BCUT2D eigenvalue weighted by atomic mass is 10.2. The third kappa shape index (κ3) is 5.45. The maximum atomic E-state index is 13.2. The van der Waals surface area contributed by atoms with Gasteiger partial charge in [0.05, 0.1) is 17.2 Å². The number of carbonyl (C=O) groups is 1. The zero-order valence-corrected chi connectivity index (χ0v) is 17.1. The summed E-state index contributed by atoms with van der Waals surface area (Å²) in [6.07, 6.45) is 0. The van der Waals surface area contributed by atoms with Gasteiger partial charge in [-0.15, -0.1) is 0 Å². The number of rotatable bonds is 8. The third-order valence-electron chi connectivity index (χ3n) is 3.97.